The van der Waals surface area contributed by atoms with E-state index in [4.69, 9.17) is 4.74 Å². The highest BCUT2D eigenvalue weighted by Gasteiger charge is 2.26. The van der Waals surface area contributed by atoms with E-state index in [-0.39, 0.29) is 17.3 Å². The van der Waals surface area contributed by atoms with Gasteiger partial charge >= 0.3 is 5.97 Å². The second kappa shape index (κ2) is 7.67. The van der Waals surface area contributed by atoms with Gasteiger partial charge in [0.25, 0.3) is 11.6 Å². The number of nitro benzene ring substituents is 1. The van der Waals surface area contributed by atoms with Gasteiger partial charge in [-0.1, -0.05) is 18.2 Å². The van der Waals surface area contributed by atoms with Gasteiger partial charge in [-0.25, -0.2) is 4.79 Å². The number of para-hydroxylation sites is 1. The Morgan fingerprint density at radius 1 is 1.24 bits per heavy atom. The summed E-state index contributed by atoms with van der Waals surface area (Å²) in [7, 11) is 0. The lowest BCUT2D eigenvalue weighted by Gasteiger charge is -2.29. The first-order valence-corrected chi connectivity index (χ1v) is 9.76. The van der Waals surface area contributed by atoms with Crippen LogP contribution in [0.5, 0.6) is 0 Å². The fourth-order valence-corrected chi connectivity index (χ4v) is 4.09. The van der Waals surface area contributed by atoms with Crippen molar-refractivity contribution in [3.63, 3.8) is 0 Å². The van der Waals surface area contributed by atoms with Crippen LogP contribution >= 0.6 is 15.9 Å². The van der Waals surface area contributed by atoms with E-state index in [1.54, 1.807) is 6.07 Å². The summed E-state index contributed by atoms with van der Waals surface area (Å²) in [6.45, 7) is 0.0499. The number of anilines is 1. The van der Waals surface area contributed by atoms with Gasteiger partial charge in [-0.2, -0.15) is 0 Å². The number of nitrogens with one attached hydrogen (secondary N) is 1. The number of hydrogen-bond donors (Lipinski definition) is 1. The Kier molecular flexibility index (Phi) is 5.06. The maximum absolute atomic E-state index is 12.7. The van der Waals surface area contributed by atoms with E-state index in [0.29, 0.717) is 29.5 Å². The summed E-state index contributed by atoms with van der Waals surface area (Å²) in [5.74, 6) is -1.01. The number of aromatic nitrogens is 1. The molecular weight excluding hydrogens is 442 g/mol. The fourth-order valence-electron chi connectivity index (χ4n) is 3.48. The number of carbonyl (C=O) groups excluding carboxylic acids is 2. The summed E-state index contributed by atoms with van der Waals surface area (Å²) in [5.41, 5.74) is 2.38. The zero-order valence-electron chi connectivity index (χ0n) is 15.2. The number of carbonyl (C=O) groups is 2. The number of aryl methyl sites for hydroxylation is 1. The number of hydrogen-bond acceptors (Lipinski definition) is 5. The summed E-state index contributed by atoms with van der Waals surface area (Å²) in [5, 5.41) is 11.8. The molecule has 0 radical (unpaired) electrons. The smallest absolute Gasteiger partial charge is 0.356 e. The van der Waals surface area contributed by atoms with Gasteiger partial charge in [0.1, 0.15) is 5.69 Å². The molecule has 1 N–H and O–H groups in total. The highest BCUT2D eigenvalue weighted by atomic mass is 79.9. The first-order chi connectivity index (χ1) is 14.0. The van der Waals surface area contributed by atoms with E-state index in [1.807, 2.05) is 24.3 Å². The number of aromatic amines is 1. The molecule has 0 fully saturated rings. The van der Waals surface area contributed by atoms with Crippen LogP contribution in [-0.4, -0.2) is 34.9 Å². The topological polar surface area (TPSA) is 106 Å². The third-order valence-corrected chi connectivity index (χ3v) is 5.69. The summed E-state index contributed by atoms with van der Waals surface area (Å²) in [6, 6.07) is 11.8. The highest BCUT2D eigenvalue weighted by molar-refractivity contribution is 9.10. The normalized spacial score (nSPS) is 13.2. The minimum atomic E-state index is -0.637. The van der Waals surface area contributed by atoms with Crippen LogP contribution in [-0.2, 0) is 16.0 Å². The van der Waals surface area contributed by atoms with Gasteiger partial charge in [-0.05, 0) is 46.5 Å². The number of esters is 1. The molecule has 0 bridgehead atoms. The van der Waals surface area contributed by atoms with Crippen molar-refractivity contribution in [2.24, 2.45) is 0 Å². The van der Waals surface area contributed by atoms with E-state index >= 15 is 0 Å². The van der Waals surface area contributed by atoms with Crippen molar-refractivity contribution in [2.75, 3.05) is 18.1 Å². The van der Waals surface area contributed by atoms with Crippen molar-refractivity contribution in [1.82, 2.24) is 4.98 Å². The number of benzene rings is 2. The van der Waals surface area contributed by atoms with Crippen molar-refractivity contribution in [2.45, 2.75) is 12.8 Å². The minimum absolute atomic E-state index is 0.00635. The monoisotopic (exact) mass is 457 g/mol. The summed E-state index contributed by atoms with van der Waals surface area (Å²) >= 11 is 3.39. The first kappa shape index (κ1) is 19.1. The number of nitrogens with zero attached hydrogens (tertiary/aromatic N) is 2. The van der Waals surface area contributed by atoms with Gasteiger partial charge in [0.15, 0.2) is 6.61 Å². The number of rotatable bonds is 4. The van der Waals surface area contributed by atoms with E-state index in [2.05, 4.69) is 20.9 Å². The van der Waals surface area contributed by atoms with E-state index < -0.39 is 17.5 Å². The van der Waals surface area contributed by atoms with Gasteiger partial charge in [0.05, 0.1) is 9.40 Å². The molecule has 1 amide bonds. The third-order valence-electron chi connectivity index (χ3n) is 4.87. The molecule has 3 aromatic rings. The second-order valence-electron chi connectivity index (χ2n) is 6.65. The van der Waals surface area contributed by atoms with Crippen molar-refractivity contribution < 1.29 is 19.2 Å². The Bertz CT molecular complexity index is 1140. The van der Waals surface area contributed by atoms with Crippen LogP contribution in [0.2, 0.25) is 0 Å². The number of H-pyrrole nitrogens is 1. The van der Waals surface area contributed by atoms with Crippen LogP contribution in [0.15, 0.2) is 46.9 Å². The first-order valence-electron chi connectivity index (χ1n) is 8.96. The zero-order chi connectivity index (χ0) is 20.5. The molecule has 0 aliphatic carbocycles. The van der Waals surface area contributed by atoms with Gasteiger partial charge in [0.2, 0.25) is 0 Å². The number of amides is 1. The molecule has 0 saturated heterocycles. The van der Waals surface area contributed by atoms with Gasteiger partial charge in [0, 0.05) is 35.3 Å². The van der Waals surface area contributed by atoms with E-state index in [9.17, 15) is 19.7 Å². The van der Waals surface area contributed by atoms with Crippen LogP contribution in [0.25, 0.3) is 10.9 Å². The maximum Gasteiger partial charge on any atom is 0.356 e. The van der Waals surface area contributed by atoms with Crippen molar-refractivity contribution in [3.05, 3.63) is 68.3 Å². The molecule has 1 aliphatic rings. The van der Waals surface area contributed by atoms with Crippen LogP contribution in [0, 0.1) is 10.1 Å². The van der Waals surface area contributed by atoms with Crippen LogP contribution in [0.3, 0.4) is 0 Å². The third kappa shape index (κ3) is 3.61. The molecule has 0 saturated carbocycles. The summed E-state index contributed by atoms with van der Waals surface area (Å²) in [6.07, 6.45) is 1.34. The molecule has 1 aromatic heterocycles. The molecule has 29 heavy (non-hydrogen) atoms. The van der Waals surface area contributed by atoms with E-state index in [0.717, 1.165) is 16.5 Å². The summed E-state index contributed by atoms with van der Waals surface area (Å²) in [4.78, 5) is 40.1. The Morgan fingerprint density at radius 3 is 2.79 bits per heavy atom. The maximum atomic E-state index is 12.7. The Balaban J connectivity index is 1.48. The largest absolute Gasteiger partial charge is 0.451 e. The number of non-ortho nitro benzene ring substituents is 1. The van der Waals surface area contributed by atoms with Crippen molar-refractivity contribution in [1.29, 1.82) is 0 Å². The zero-order valence-corrected chi connectivity index (χ0v) is 16.8. The Morgan fingerprint density at radius 2 is 2.03 bits per heavy atom. The highest BCUT2D eigenvalue weighted by Crippen LogP contribution is 2.31. The number of fused-ring (bicyclic) bond motifs is 2. The van der Waals surface area contributed by atoms with Gasteiger partial charge in [-0.15, -0.1) is 0 Å². The average Bonchev–Trinajstić information content (AvgIpc) is 3.07. The molecule has 148 valence electrons. The SMILES string of the molecule is O=C(OCC(=O)N1CCCc2cc([N+](=O)[O-])ccc21)c1[nH]c2ccccc2c1Br. The molecule has 1 aliphatic heterocycles. The number of nitro groups is 1. The van der Waals surface area contributed by atoms with Crippen LogP contribution < -0.4 is 4.90 Å². The summed E-state index contributed by atoms with van der Waals surface area (Å²) < 4.78 is 5.82. The van der Waals surface area contributed by atoms with Crippen molar-refractivity contribution >= 4 is 50.1 Å². The Hall–Kier alpha value is -3.20. The van der Waals surface area contributed by atoms with Crippen LogP contribution in [0.1, 0.15) is 22.5 Å². The molecule has 8 nitrogen and oxygen atoms in total. The molecule has 4 rings (SSSR count). The Labute approximate surface area is 173 Å². The van der Waals surface area contributed by atoms with Gasteiger partial charge < -0.3 is 14.6 Å². The lowest BCUT2D eigenvalue weighted by Crippen LogP contribution is -2.38. The lowest BCUT2D eigenvalue weighted by atomic mass is 10.0. The average molecular weight is 458 g/mol. The van der Waals surface area contributed by atoms with Crippen LogP contribution in [0.4, 0.5) is 11.4 Å². The van der Waals surface area contributed by atoms with E-state index in [1.165, 1.54) is 17.0 Å². The predicted molar refractivity (Wildman–Crippen MR) is 110 cm³/mol. The number of ether oxygens (including phenoxy) is 1. The lowest BCUT2D eigenvalue weighted by molar-refractivity contribution is -0.384. The quantitative estimate of drug-likeness (QED) is 0.362. The minimum Gasteiger partial charge on any atom is -0.451 e. The van der Waals surface area contributed by atoms with Crippen molar-refractivity contribution in [3.8, 4) is 0 Å². The molecule has 9 heteroatoms. The molecule has 2 aromatic carbocycles. The molecule has 2 heterocycles. The molecule has 0 unspecified atom stereocenters. The standard InChI is InChI=1S/C20H16BrN3O5/c21-18-14-5-1-2-6-15(14)22-19(18)20(26)29-11-17(25)23-9-3-4-12-10-13(24(27)28)7-8-16(12)23/h1-2,5-8,10,22H,3-4,9,11H2. The molecular formula is C20H16BrN3O5. The predicted octanol–water partition coefficient (Wildman–Crippen LogP) is 3.97. The van der Waals surface area contributed by atoms with Gasteiger partial charge in [-0.3, -0.25) is 14.9 Å². The fraction of sp³-hybridized carbons (Fsp3) is 0.200. The second-order valence-corrected chi connectivity index (χ2v) is 7.45. The molecule has 0 spiro atoms. The molecule has 0 atom stereocenters. The number of halogens is 1.